The minimum Gasteiger partial charge on any atom is -0.495 e. The molecule has 2 aromatic rings. The minimum atomic E-state index is -0.183. The fraction of sp³-hybridized carbons (Fsp3) is 0.318. The Labute approximate surface area is 183 Å². The fourth-order valence-corrected chi connectivity index (χ4v) is 4.91. The van der Waals surface area contributed by atoms with Gasteiger partial charge in [0.2, 0.25) is 5.91 Å². The SMILES string of the molecule is COc1c(Br)cc(Br)cc1/C=C/C(=O)Nc1ccc(N2CCCCC2C)cc1. The highest BCUT2D eigenvalue weighted by Gasteiger charge is 2.18. The number of amides is 1. The maximum Gasteiger partial charge on any atom is 0.248 e. The van der Waals surface area contributed by atoms with Crippen molar-refractivity contribution in [3.05, 3.63) is 57.0 Å². The van der Waals surface area contributed by atoms with Crippen LogP contribution in [0.25, 0.3) is 6.08 Å². The molecule has 0 aliphatic carbocycles. The molecule has 0 spiro atoms. The van der Waals surface area contributed by atoms with Gasteiger partial charge in [0.15, 0.2) is 0 Å². The smallest absolute Gasteiger partial charge is 0.248 e. The Morgan fingerprint density at radius 1 is 1.21 bits per heavy atom. The highest BCUT2D eigenvalue weighted by atomic mass is 79.9. The van der Waals surface area contributed by atoms with Crippen LogP contribution in [0, 0.1) is 0 Å². The van der Waals surface area contributed by atoms with Crippen LogP contribution in [0.15, 0.2) is 51.4 Å². The number of methoxy groups -OCH3 is 1. The van der Waals surface area contributed by atoms with E-state index < -0.39 is 0 Å². The average Bonchev–Trinajstić information content (AvgIpc) is 2.67. The van der Waals surface area contributed by atoms with Crippen molar-refractivity contribution in [1.82, 2.24) is 0 Å². The summed E-state index contributed by atoms with van der Waals surface area (Å²) >= 11 is 6.93. The van der Waals surface area contributed by atoms with Crippen molar-refractivity contribution in [2.24, 2.45) is 0 Å². The lowest BCUT2D eigenvalue weighted by molar-refractivity contribution is -0.111. The average molecular weight is 508 g/mol. The first-order valence-electron chi connectivity index (χ1n) is 9.36. The number of piperidine rings is 1. The summed E-state index contributed by atoms with van der Waals surface area (Å²) in [6, 6.07) is 12.4. The monoisotopic (exact) mass is 506 g/mol. The molecule has 1 atom stereocenters. The molecular weight excluding hydrogens is 484 g/mol. The van der Waals surface area contributed by atoms with Crippen molar-refractivity contribution in [3.63, 3.8) is 0 Å². The third kappa shape index (κ3) is 5.17. The molecule has 6 heteroatoms. The number of carbonyl (C=O) groups is 1. The zero-order valence-electron chi connectivity index (χ0n) is 16.0. The van der Waals surface area contributed by atoms with E-state index in [0.717, 1.165) is 26.7 Å². The van der Waals surface area contributed by atoms with E-state index in [1.165, 1.54) is 31.0 Å². The standard InChI is InChI=1S/C22H24Br2N2O2/c1-15-5-3-4-12-26(15)19-9-7-18(8-10-19)25-21(27)11-6-16-13-17(23)14-20(24)22(16)28-2/h6-11,13-15H,3-5,12H2,1-2H3,(H,25,27)/b11-6+. The van der Waals surface area contributed by atoms with E-state index >= 15 is 0 Å². The van der Waals surface area contributed by atoms with Crippen LogP contribution in [0.4, 0.5) is 11.4 Å². The second-order valence-corrected chi connectivity index (χ2v) is 8.69. The zero-order valence-corrected chi connectivity index (χ0v) is 19.2. The quantitative estimate of drug-likeness (QED) is 0.486. The van der Waals surface area contributed by atoms with Crippen LogP contribution >= 0.6 is 31.9 Å². The van der Waals surface area contributed by atoms with Crippen LogP contribution < -0.4 is 15.0 Å². The molecule has 0 bridgehead atoms. The van der Waals surface area contributed by atoms with Crippen molar-refractivity contribution in [1.29, 1.82) is 0 Å². The number of nitrogens with one attached hydrogen (secondary N) is 1. The van der Waals surface area contributed by atoms with Gasteiger partial charge in [-0.25, -0.2) is 0 Å². The van der Waals surface area contributed by atoms with Crippen LogP contribution in [0.1, 0.15) is 31.7 Å². The zero-order chi connectivity index (χ0) is 20.1. The summed E-state index contributed by atoms with van der Waals surface area (Å²) in [5, 5.41) is 2.91. The summed E-state index contributed by atoms with van der Waals surface area (Å²) in [4.78, 5) is 14.8. The molecule has 1 amide bonds. The van der Waals surface area contributed by atoms with Crippen LogP contribution in [0.5, 0.6) is 5.75 Å². The molecule has 1 aliphatic rings. The lowest BCUT2D eigenvalue weighted by Crippen LogP contribution is -2.37. The number of hydrogen-bond acceptors (Lipinski definition) is 3. The topological polar surface area (TPSA) is 41.6 Å². The van der Waals surface area contributed by atoms with Gasteiger partial charge in [0.1, 0.15) is 5.75 Å². The van der Waals surface area contributed by atoms with Crippen LogP contribution in [0.2, 0.25) is 0 Å². The molecule has 0 radical (unpaired) electrons. The van der Waals surface area contributed by atoms with E-state index in [1.807, 2.05) is 24.3 Å². The molecule has 3 rings (SSSR count). The van der Waals surface area contributed by atoms with E-state index in [4.69, 9.17) is 4.74 Å². The van der Waals surface area contributed by atoms with Gasteiger partial charge in [-0.1, -0.05) is 15.9 Å². The Morgan fingerprint density at radius 3 is 2.64 bits per heavy atom. The Bertz CT molecular complexity index is 866. The molecular formula is C22H24Br2N2O2. The number of carbonyl (C=O) groups excluding carboxylic acids is 1. The van der Waals surface area contributed by atoms with Crippen molar-refractivity contribution in [2.75, 3.05) is 23.9 Å². The number of hydrogen-bond donors (Lipinski definition) is 1. The molecule has 1 fully saturated rings. The van der Waals surface area contributed by atoms with Crippen LogP contribution in [0.3, 0.4) is 0 Å². The molecule has 1 heterocycles. The van der Waals surface area contributed by atoms with Gasteiger partial charge in [-0.3, -0.25) is 4.79 Å². The number of halogens is 2. The van der Waals surface area contributed by atoms with Gasteiger partial charge in [-0.15, -0.1) is 0 Å². The highest BCUT2D eigenvalue weighted by Crippen LogP contribution is 2.33. The molecule has 4 nitrogen and oxygen atoms in total. The minimum absolute atomic E-state index is 0.183. The molecule has 1 saturated heterocycles. The van der Waals surface area contributed by atoms with Gasteiger partial charge in [-0.2, -0.15) is 0 Å². The first-order chi connectivity index (χ1) is 13.5. The summed E-state index contributed by atoms with van der Waals surface area (Å²) in [7, 11) is 1.61. The second kappa shape index (κ2) is 9.61. The molecule has 1 unspecified atom stereocenters. The lowest BCUT2D eigenvalue weighted by atomic mass is 10.0. The number of benzene rings is 2. The van der Waals surface area contributed by atoms with E-state index in [-0.39, 0.29) is 5.91 Å². The Kier molecular flexibility index (Phi) is 7.18. The van der Waals surface area contributed by atoms with Gasteiger partial charge < -0.3 is 15.0 Å². The fourth-order valence-electron chi connectivity index (χ4n) is 3.49. The van der Waals surface area contributed by atoms with Crippen molar-refractivity contribution in [2.45, 2.75) is 32.2 Å². The van der Waals surface area contributed by atoms with E-state index in [9.17, 15) is 4.79 Å². The Hall–Kier alpha value is -1.79. The first-order valence-corrected chi connectivity index (χ1v) is 11.0. The van der Waals surface area contributed by atoms with Gasteiger partial charge in [0.25, 0.3) is 0 Å². The second-order valence-electron chi connectivity index (χ2n) is 6.92. The molecule has 148 valence electrons. The van der Waals surface area contributed by atoms with Gasteiger partial charge in [0, 0.05) is 40.1 Å². The summed E-state index contributed by atoms with van der Waals surface area (Å²) in [5.74, 6) is 0.504. The summed E-state index contributed by atoms with van der Waals surface area (Å²) in [6.07, 6.45) is 7.03. The Morgan fingerprint density at radius 2 is 1.96 bits per heavy atom. The molecule has 0 aromatic heterocycles. The number of ether oxygens (including phenoxy) is 1. The van der Waals surface area contributed by atoms with Crippen LogP contribution in [-0.4, -0.2) is 25.6 Å². The van der Waals surface area contributed by atoms with Crippen molar-refractivity contribution >= 4 is 55.2 Å². The summed E-state index contributed by atoms with van der Waals surface area (Å²) in [6.45, 7) is 3.37. The molecule has 1 aliphatic heterocycles. The van der Waals surface area contributed by atoms with Gasteiger partial charge in [0.05, 0.1) is 11.6 Å². The van der Waals surface area contributed by atoms with Gasteiger partial charge >= 0.3 is 0 Å². The largest absolute Gasteiger partial charge is 0.495 e. The Balaban J connectivity index is 1.66. The maximum absolute atomic E-state index is 12.3. The summed E-state index contributed by atoms with van der Waals surface area (Å²) in [5.41, 5.74) is 2.81. The lowest BCUT2D eigenvalue weighted by Gasteiger charge is -2.35. The van der Waals surface area contributed by atoms with E-state index in [1.54, 1.807) is 13.2 Å². The van der Waals surface area contributed by atoms with Crippen LogP contribution in [-0.2, 0) is 4.79 Å². The van der Waals surface area contributed by atoms with E-state index in [0.29, 0.717) is 11.8 Å². The number of nitrogens with zero attached hydrogens (tertiary/aromatic N) is 1. The maximum atomic E-state index is 12.3. The number of anilines is 2. The summed E-state index contributed by atoms with van der Waals surface area (Å²) < 4.78 is 7.14. The normalized spacial score (nSPS) is 17.0. The highest BCUT2D eigenvalue weighted by molar-refractivity contribution is 9.11. The predicted octanol–water partition coefficient (Wildman–Crippen LogP) is 6.25. The third-order valence-electron chi connectivity index (χ3n) is 4.92. The molecule has 2 aromatic carbocycles. The molecule has 0 saturated carbocycles. The first kappa shape index (κ1) is 20.9. The van der Waals surface area contributed by atoms with Crippen molar-refractivity contribution < 1.29 is 9.53 Å². The van der Waals surface area contributed by atoms with Crippen molar-refractivity contribution in [3.8, 4) is 5.75 Å². The molecule has 28 heavy (non-hydrogen) atoms. The third-order valence-corrected chi connectivity index (χ3v) is 5.97. The predicted molar refractivity (Wildman–Crippen MR) is 123 cm³/mol. The van der Waals surface area contributed by atoms with Gasteiger partial charge in [-0.05, 0) is 84.6 Å². The molecule has 1 N–H and O–H groups in total. The van der Waals surface area contributed by atoms with E-state index in [2.05, 4.69) is 61.1 Å². The number of rotatable bonds is 5.